The highest BCUT2D eigenvalue weighted by molar-refractivity contribution is 7.85. The number of carbonyl (C=O) groups excluding carboxylic acids is 1. The van der Waals surface area contributed by atoms with Crippen molar-refractivity contribution < 1.29 is 17.4 Å². The maximum atomic E-state index is 12.5. The number of pyridine rings is 8. The van der Waals surface area contributed by atoms with E-state index in [0.717, 1.165) is 179 Å². The van der Waals surface area contributed by atoms with Crippen LogP contribution in [0.4, 0.5) is 0 Å². The standard InChI is InChI=1S/C27H27N5OS.C26H23N5OS.C23H19N5.C22H14N4O.C4H11NOS/c1-18(31-34(33)27(2,3)4)19-10-12-21(13-11-19)25-22(20-8-6-5-7-9-20)16-23-24(29-25)14-15-32-17-28-30-26(23)32;1-26(2,3)33(32)28-16-18-9-11-20(12-10-18)24-21(19-7-5-4-6-8-19)15-22-23(29-24)13-14-31-17-27-30-25(22)31;1-15(24)16-7-9-18(10-8-16)22-19(17-5-3-2-4-6-17)13-20-21(26-22)11-12-28-14-25-27-23(20)28;27-13-15-6-8-17(9-7-15)21-18(16-4-2-1-3-5-16)12-19-20(24-21)10-11-26-14-23-25-22(19)26;1-4(2,3)7(5)6/h5-18,31H,1-4H3;4-17H,1-3H3;2-15H,24H2,1H3;1-14H;5H2,1-3H3. The van der Waals surface area contributed by atoms with Gasteiger partial charge in [-0.2, -0.15) is 4.40 Å². The van der Waals surface area contributed by atoms with E-state index in [9.17, 15) is 17.4 Å². The van der Waals surface area contributed by atoms with Gasteiger partial charge in [0.2, 0.25) is 0 Å². The molecule has 0 saturated carbocycles. The molecule has 5 atom stereocenters. The lowest BCUT2D eigenvalue weighted by Gasteiger charge is -2.22. The number of fused-ring (bicyclic) bond motifs is 12. The van der Waals surface area contributed by atoms with E-state index >= 15 is 0 Å². The molecule has 8 aromatic carbocycles. The van der Waals surface area contributed by atoms with E-state index in [1.807, 2.05) is 264 Å². The highest BCUT2D eigenvalue weighted by atomic mass is 32.2. The first-order valence-electron chi connectivity index (χ1n) is 41.9. The third-order valence-corrected chi connectivity index (χ3v) is 25.8. The molecule has 0 radical (unpaired) electrons. The van der Waals surface area contributed by atoms with Gasteiger partial charge in [-0.3, -0.25) is 27.5 Å². The molecular weight excluding hydrogens is 1670 g/mol. The van der Waals surface area contributed by atoms with Crippen LogP contribution >= 0.6 is 0 Å². The maximum absolute atomic E-state index is 12.5. The molecule has 27 heteroatoms. The molecule has 0 bridgehead atoms. The molecule has 12 heterocycles. The van der Waals surface area contributed by atoms with Crippen molar-refractivity contribution in [2.45, 2.75) is 102 Å². The summed E-state index contributed by atoms with van der Waals surface area (Å²) in [6, 6.07) is 89.6. The molecule has 0 spiro atoms. The van der Waals surface area contributed by atoms with Crippen LogP contribution in [-0.4, -0.2) is 118 Å². The minimum Gasteiger partial charge on any atom is -0.324 e. The van der Waals surface area contributed by atoms with Crippen LogP contribution in [0.25, 0.3) is 156 Å². The lowest BCUT2D eigenvalue weighted by Crippen LogP contribution is -2.34. The van der Waals surface area contributed by atoms with Gasteiger partial charge in [0.25, 0.3) is 0 Å². The molecule has 0 aliphatic carbocycles. The van der Waals surface area contributed by atoms with Crippen LogP contribution in [0.5, 0.6) is 0 Å². The Morgan fingerprint density at radius 1 is 0.357 bits per heavy atom. The summed E-state index contributed by atoms with van der Waals surface area (Å²) >= 11 is 0. The van der Waals surface area contributed by atoms with Gasteiger partial charge in [-0.15, -0.1) is 40.8 Å². The Labute approximate surface area is 753 Å². The molecule has 129 heavy (non-hydrogen) atoms. The molecule has 20 aromatic rings. The smallest absolute Gasteiger partial charge is 0.170 e. The number of aldehydes is 1. The number of carbonyl (C=O) groups is 1. The average molecular weight is 1760 g/mol. The third kappa shape index (κ3) is 19.9. The molecule has 5 unspecified atom stereocenters. The Bertz CT molecular complexity index is 7530. The molecule has 0 fully saturated rings. The molecule has 644 valence electrons. The molecule has 20 rings (SSSR count). The molecule has 12 aromatic heterocycles. The highest BCUT2D eigenvalue weighted by Gasteiger charge is 2.25. The van der Waals surface area contributed by atoms with Crippen molar-refractivity contribution in [2.75, 3.05) is 0 Å². The fraction of sp³-hybridized carbons (Fsp3) is 0.157. The number of benzene rings is 8. The molecular formula is C102H94N20O4S3. The summed E-state index contributed by atoms with van der Waals surface area (Å²) in [4.78, 5) is 31.0. The van der Waals surface area contributed by atoms with Crippen molar-refractivity contribution in [3.05, 3.63) is 339 Å². The molecule has 0 aliphatic heterocycles. The fourth-order valence-electron chi connectivity index (χ4n) is 14.3. The average Bonchev–Trinajstić information content (AvgIpc) is 1.76. The quantitative estimate of drug-likeness (QED) is 0.0634. The number of rotatable bonds is 15. The van der Waals surface area contributed by atoms with E-state index in [4.69, 9.17) is 30.8 Å². The van der Waals surface area contributed by atoms with Gasteiger partial charge in [0.1, 0.15) is 42.6 Å². The summed E-state index contributed by atoms with van der Waals surface area (Å²) in [7, 11) is -3.61. The van der Waals surface area contributed by atoms with Crippen LogP contribution in [0, 0.1) is 0 Å². The van der Waals surface area contributed by atoms with Crippen molar-refractivity contribution >= 4 is 112 Å². The van der Waals surface area contributed by atoms with E-state index < -0.39 is 33.0 Å². The summed E-state index contributed by atoms with van der Waals surface area (Å²) in [6.45, 7) is 21.2. The Kier molecular flexibility index (Phi) is 25.9. The predicted molar refractivity (Wildman–Crippen MR) is 522 cm³/mol. The zero-order valence-electron chi connectivity index (χ0n) is 72.9. The zero-order chi connectivity index (χ0) is 90.3. The molecule has 0 aliphatic rings. The van der Waals surface area contributed by atoms with E-state index in [2.05, 4.69) is 171 Å². The molecule has 24 nitrogen and oxygen atoms in total. The topological polar surface area (TPSA) is 317 Å². The first-order valence-corrected chi connectivity index (χ1v) is 45.3. The van der Waals surface area contributed by atoms with E-state index in [1.54, 1.807) is 31.5 Å². The van der Waals surface area contributed by atoms with Crippen LogP contribution in [0.2, 0.25) is 0 Å². The maximum Gasteiger partial charge on any atom is 0.170 e. The van der Waals surface area contributed by atoms with Crippen LogP contribution in [0.1, 0.15) is 115 Å². The molecule has 0 saturated heterocycles. The largest absolute Gasteiger partial charge is 0.324 e. The van der Waals surface area contributed by atoms with Crippen molar-refractivity contribution in [3.63, 3.8) is 0 Å². The zero-order valence-corrected chi connectivity index (χ0v) is 75.4. The number of hydrogen-bond donors (Lipinski definition) is 3. The van der Waals surface area contributed by atoms with Crippen LogP contribution in [0.3, 0.4) is 0 Å². The Balaban J connectivity index is 0.000000123. The SMILES string of the molecule is CC(C)(C)S(=O)N=Cc1ccc(-c2nc3ccn4cnnc4c3cc2-c2ccccc2)cc1.CC(C)(C)S(N)=O.CC(N)c1ccc(-c2nc3ccn4cnnc4c3cc2-c2ccccc2)cc1.CC(NS(=O)C(C)(C)C)c1ccc(-c2nc3ccn4cnnc4c3cc2-c2ccccc2)cc1.O=Cc1ccc(-c2nc3ccn4cnnc4c3cc2-c2ccccc2)cc1. The molecule has 0 amide bonds. The number of aromatic nitrogens is 16. The first-order chi connectivity index (χ1) is 62.2. The minimum absolute atomic E-state index is 0.00781. The lowest BCUT2D eigenvalue weighted by molar-refractivity contribution is 0.112. The predicted octanol–water partition coefficient (Wildman–Crippen LogP) is 20.7. The van der Waals surface area contributed by atoms with Gasteiger partial charge in [-0.05, 0) is 164 Å². The van der Waals surface area contributed by atoms with Gasteiger partial charge in [0, 0.05) is 115 Å². The van der Waals surface area contributed by atoms with Crippen molar-refractivity contribution in [1.82, 2.24) is 83.1 Å². The van der Waals surface area contributed by atoms with Crippen LogP contribution in [-0.2, 0) is 33.0 Å². The van der Waals surface area contributed by atoms with Crippen molar-refractivity contribution in [1.29, 1.82) is 0 Å². The Morgan fingerprint density at radius 2 is 0.636 bits per heavy atom. The summed E-state index contributed by atoms with van der Waals surface area (Å²) in [5.74, 6) is 0. The highest BCUT2D eigenvalue weighted by Crippen LogP contribution is 2.41. The van der Waals surface area contributed by atoms with Crippen LogP contribution in [0.15, 0.2) is 321 Å². The van der Waals surface area contributed by atoms with Gasteiger partial charge in [0.05, 0.1) is 81.1 Å². The van der Waals surface area contributed by atoms with Gasteiger partial charge >= 0.3 is 0 Å². The third-order valence-electron chi connectivity index (χ3n) is 21.5. The second-order valence-corrected chi connectivity index (χ2v) is 39.6. The van der Waals surface area contributed by atoms with Crippen LogP contribution < -0.4 is 15.6 Å². The number of nitrogens with zero attached hydrogens (tertiary/aromatic N) is 17. The Morgan fingerprint density at radius 3 is 0.899 bits per heavy atom. The summed E-state index contributed by atoms with van der Waals surface area (Å²) in [5.41, 5.74) is 32.5. The van der Waals surface area contributed by atoms with Gasteiger partial charge < -0.3 is 5.73 Å². The van der Waals surface area contributed by atoms with Crippen molar-refractivity contribution in [2.24, 2.45) is 15.3 Å². The first kappa shape index (κ1) is 88.0. The molecule has 5 N–H and O–H groups in total. The van der Waals surface area contributed by atoms with Gasteiger partial charge in [0.15, 0.2) is 22.6 Å². The van der Waals surface area contributed by atoms with Gasteiger partial charge in [-0.25, -0.2) is 37.3 Å². The number of hydrogen-bond acceptors (Lipinski definition) is 17. The second-order valence-electron chi connectivity index (χ2n) is 33.9. The van der Waals surface area contributed by atoms with E-state index in [1.165, 1.54) is 0 Å². The summed E-state index contributed by atoms with van der Waals surface area (Å²) < 4.78 is 49.2. The summed E-state index contributed by atoms with van der Waals surface area (Å²) in [5, 5.41) is 42.1. The minimum atomic E-state index is -1.29. The van der Waals surface area contributed by atoms with E-state index in [0.29, 0.717) is 5.56 Å². The number of nitrogens with one attached hydrogen (secondary N) is 1. The van der Waals surface area contributed by atoms with Crippen molar-refractivity contribution in [3.8, 4) is 89.5 Å². The normalized spacial score (nSPS) is 13.0. The lowest BCUT2D eigenvalue weighted by atomic mass is 9.96. The van der Waals surface area contributed by atoms with E-state index in [-0.39, 0.29) is 26.3 Å². The Hall–Kier alpha value is -14.5. The monoisotopic (exact) mass is 1760 g/mol. The second kappa shape index (κ2) is 38.0. The number of nitrogens with two attached hydrogens (primary N) is 2. The fourth-order valence-corrected chi connectivity index (χ4v) is 15.7. The van der Waals surface area contributed by atoms with Gasteiger partial charge in [-0.1, -0.05) is 218 Å². The summed E-state index contributed by atoms with van der Waals surface area (Å²) in [6.07, 6.45) is 17.0.